The van der Waals surface area contributed by atoms with Gasteiger partial charge in [0.2, 0.25) is 0 Å². The molecule has 0 fully saturated rings. The van der Waals surface area contributed by atoms with E-state index in [2.05, 4.69) is 9.97 Å². The van der Waals surface area contributed by atoms with Crippen molar-refractivity contribution < 1.29 is 4.39 Å². The third-order valence-corrected chi connectivity index (χ3v) is 1.79. The maximum atomic E-state index is 12.8. The molecule has 0 aliphatic rings. The van der Waals surface area contributed by atoms with E-state index in [0.29, 0.717) is 5.69 Å². The molecule has 0 aromatic carbocycles. The first-order valence-corrected chi connectivity index (χ1v) is 3.88. The van der Waals surface area contributed by atoms with E-state index >= 15 is 0 Å². The van der Waals surface area contributed by atoms with Crippen LogP contribution in [0.2, 0.25) is 0 Å². The van der Waals surface area contributed by atoms with Gasteiger partial charge in [-0.2, -0.15) is 0 Å². The van der Waals surface area contributed by atoms with Gasteiger partial charge in [-0.1, -0.05) is 0 Å². The van der Waals surface area contributed by atoms with Gasteiger partial charge >= 0.3 is 0 Å². The third kappa shape index (κ3) is 1.42. The Balaban J connectivity index is 2.53. The van der Waals surface area contributed by atoms with Gasteiger partial charge in [0.15, 0.2) is 0 Å². The zero-order valence-corrected chi connectivity index (χ0v) is 7.11. The molecule has 0 bridgehead atoms. The van der Waals surface area contributed by atoms with E-state index in [4.69, 9.17) is 0 Å². The molecule has 0 aliphatic heterocycles. The lowest BCUT2D eigenvalue weighted by Crippen LogP contribution is -1.96. The summed E-state index contributed by atoms with van der Waals surface area (Å²) >= 11 is 0. The molecule has 2 heterocycles. The van der Waals surface area contributed by atoms with Crippen LogP contribution in [0.5, 0.6) is 0 Å². The van der Waals surface area contributed by atoms with E-state index in [1.807, 2.05) is 6.92 Å². The predicted octanol–water partition coefficient (Wildman–Crippen LogP) is 1.71. The zero-order chi connectivity index (χ0) is 9.26. The van der Waals surface area contributed by atoms with Crippen molar-refractivity contribution in [2.24, 2.45) is 0 Å². The van der Waals surface area contributed by atoms with Crippen molar-refractivity contribution in [1.29, 1.82) is 0 Å². The molecule has 2 aromatic heterocycles. The Bertz CT molecular complexity index is 422. The topological polar surface area (TPSA) is 30.7 Å². The van der Waals surface area contributed by atoms with Crippen LogP contribution in [-0.4, -0.2) is 14.5 Å². The summed E-state index contributed by atoms with van der Waals surface area (Å²) in [6.45, 7) is 1.85. The lowest BCUT2D eigenvalue weighted by molar-refractivity contribution is 0.619. The molecule has 2 aromatic rings. The Morgan fingerprint density at radius 2 is 2.23 bits per heavy atom. The van der Waals surface area contributed by atoms with Crippen LogP contribution in [0.1, 0.15) is 5.82 Å². The monoisotopic (exact) mass is 177 g/mol. The van der Waals surface area contributed by atoms with Gasteiger partial charge in [-0.15, -0.1) is 0 Å². The summed E-state index contributed by atoms with van der Waals surface area (Å²) in [7, 11) is 0. The standard InChI is InChI=1S/C9H8FN3/c1-7-12-2-3-13(7)9-4-8(10)5-11-6-9/h2-6H,1H3. The molecule has 0 radical (unpaired) electrons. The molecule has 66 valence electrons. The van der Waals surface area contributed by atoms with Crippen molar-refractivity contribution >= 4 is 0 Å². The van der Waals surface area contributed by atoms with Gasteiger partial charge in [0, 0.05) is 18.5 Å². The summed E-state index contributed by atoms with van der Waals surface area (Å²) < 4.78 is 14.6. The van der Waals surface area contributed by atoms with E-state index in [0.717, 1.165) is 5.82 Å². The molecule has 2 rings (SSSR count). The molecule has 0 saturated carbocycles. The molecular weight excluding hydrogens is 169 g/mol. The summed E-state index contributed by atoms with van der Waals surface area (Å²) in [6.07, 6.45) is 6.21. The fraction of sp³-hybridized carbons (Fsp3) is 0.111. The number of pyridine rings is 1. The summed E-state index contributed by atoms with van der Waals surface area (Å²) in [5.41, 5.74) is 0.690. The minimum atomic E-state index is -0.342. The quantitative estimate of drug-likeness (QED) is 0.664. The van der Waals surface area contributed by atoms with Gasteiger partial charge in [0.05, 0.1) is 18.1 Å². The molecule has 4 heteroatoms. The molecule has 0 atom stereocenters. The number of nitrogens with zero attached hydrogens (tertiary/aromatic N) is 3. The van der Waals surface area contributed by atoms with Crippen molar-refractivity contribution in [3.05, 3.63) is 42.5 Å². The van der Waals surface area contributed by atoms with Crippen LogP contribution < -0.4 is 0 Å². The second-order valence-corrected chi connectivity index (χ2v) is 2.71. The highest BCUT2D eigenvalue weighted by molar-refractivity contribution is 5.29. The van der Waals surface area contributed by atoms with Gasteiger partial charge < -0.3 is 4.57 Å². The molecule has 13 heavy (non-hydrogen) atoms. The number of hydrogen-bond acceptors (Lipinski definition) is 2. The second-order valence-electron chi connectivity index (χ2n) is 2.71. The fourth-order valence-electron chi connectivity index (χ4n) is 1.18. The minimum absolute atomic E-state index is 0.342. The third-order valence-electron chi connectivity index (χ3n) is 1.79. The molecule has 0 N–H and O–H groups in total. The Morgan fingerprint density at radius 3 is 2.85 bits per heavy atom. The number of halogens is 1. The Hall–Kier alpha value is -1.71. The van der Waals surface area contributed by atoms with Crippen LogP contribution >= 0.6 is 0 Å². The van der Waals surface area contributed by atoms with E-state index < -0.39 is 0 Å². The van der Waals surface area contributed by atoms with Crippen LogP contribution in [0.4, 0.5) is 4.39 Å². The molecule has 0 amide bonds. The van der Waals surface area contributed by atoms with Gasteiger partial charge in [-0.3, -0.25) is 4.98 Å². The molecular formula is C9H8FN3. The smallest absolute Gasteiger partial charge is 0.143 e. The number of aryl methyl sites for hydroxylation is 1. The number of hydrogen-bond donors (Lipinski definition) is 0. The van der Waals surface area contributed by atoms with Gasteiger partial charge in [0.1, 0.15) is 11.6 Å². The maximum absolute atomic E-state index is 12.8. The summed E-state index contributed by atoms with van der Waals surface area (Å²) in [6, 6.07) is 1.42. The highest BCUT2D eigenvalue weighted by Crippen LogP contribution is 2.09. The Kier molecular flexibility index (Phi) is 1.81. The molecule has 0 aliphatic carbocycles. The number of rotatable bonds is 1. The fourth-order valence-corrected chi connectivity index (χ4v) is 1.18. The first-order valence-electron chi connectivity index (χ1n) is 3.88. The molecule has 0 spiro atoms. The summed E-state index contributed by atoms with van der Waals surface area (Å²) in [5.74, 6) is 0.470. The average Bonchev–Trinajstić information content (AvgIpc) is 2.51. The van der Waals surface area contributed by atoms with E-state index in [-0.39, 0.29) is 5.82 Å². The molecule has 0 unspecified atom stereocenters. The maximum Gasteiger partial charge on any atom is 0.143 e. The summed E-state index contributed by atoms with van der Waals surface area (Å²) in [4.78, 5) is 7.79. The lowest BCUT2D eigenvalue weighted by atomic mass is 10.4. The van der Waals surface area contributed by atoms with E-state index in [1.54, 1.807) is 23.2 Å². The van der Waals surface area contributed by atoms with Crippen molar-refractivity contribution in [1.82, 2.24) is 14.5 Å². The van der Waals surface area contributed by atoms with Crippen LogP contribution in [0.25, 0.3) is 5.69 Å². The second kappa shape index (κ2) is 2.97. The normalized spacial score (nSPS) is 10.3. The van der Waals surface area contributed by atoms with Gasteiger partial charge in [-0.25, -0.2) is 9.37 Å². The first kappa shape index (κ1) is 7.91. The first-order chi connectivity index (χ1) is 6.27. The molecule has 0 saturated heterocycles. The number of aromatic nitrogens is 3. The average molecular weight is 177 g/mol. The van der Waals surface area contributed by atoms with Crippen molar-refractivity contribution in [2.45, 2.75) is 6.92 Å². The van der Waals surface area contributed by atoms with E-state index in [9.17, 15) is 4.39 Å². The van der Waals surface area contributed by atoms with Crippen molar-refractivity contribution in [3.8, 4) is 5.69 Å². The van der Waals surface area contributed by atoms with Gasteiger partial charge in [-0.05, 0) is 6.92 Å². The Labute approximate surface area is 74.9 Å². The Morgan fingerprint density at radius 1 is 1.38 bits per heavy atom. The van der Waals surface area contributed by atoms with Crippen LogP contribution in [0, 0.1) is 12.7 Å². The largest absolute Gasteiger partial charge is 0.302 e. The highest BCUT2D eigenvalue weighted by atomic mass is 19.1. The highest BCUT2D eigenvalue weighted by Gasteiger charge is 2.00. The minimum Gasteiger partial charge on any atom is -0.302 e. The van der Waals surface area contributed by atoms with Crippen LogP contribution in [0.3, 0.4) is 0 Å². The summed E-state index contributed by atoms with van der Waals surface area (Å²) in [5, 5.41) is 0. The SMILES string of the molecule is Cc1nccn1-c1cncc(F)c1. The van der Waals surface area contributed by atoms with Crippen LogP contribution in [0.15, 0.2) is 30.9 Å². The van der Waals surface area contributed by atoms with E-state index in [1.165, 1.54) is 12.3 Å². The van der Waals surface area contributed by atoms with Crippen molar-refractivity contribution in [3.63, 3.8) is 0 Å². The van der Waals surface area contributed by atoms with Crippen LogP contribution in [-0.2, 0) is 0 Å². The lowest BCUT2D eigenvalue weighted by Gasteiger charge is -2.02. The van der Waals surface area contributed by atoms with Crippen molar-refractivity contribution in [2.75, 3.05) is 0 Å². The number of imidazole rings is 1. The zero-order valence-electron chi connectivity index (χ0n) is 7.11. The predicted molar refractivity (Wildman–Crippen MR) is 46.1 cm³/mol. The molecule has 3 nitrogen and oxygen atoms in total. The van der Waals surface area contributed by atoms with Gasteiger partial charge in [0.25, 0.3) is 0 Å².